The van der Waals surface area contributed by atoms with Crippen LogP contribution >= 0.6 is 15.9 Å². The second kappa shape index (κ2) is 4.00. The third-order valence-electron chi connectivity index (χ3n) is 5.22. The third-order valence-corrected chi connectivity index (χ3v) is 6.41. The molecule has 0 aromatic heterocycles. The molecule has 1 aromatic carbocycles. The van der Waals surface area contributed by atoms with Crippen molar-refractivity contribution in [1.82, 2.24) is 0 Å². The topological polar surface area (TPSA) is 9.23 Å². The van der Waals surface area contributed by atoms with Gasteiger partial charge in [-0.3, -0.25) is 0 Å². The van der Waals surface area contributed by atoms with E-state index in [2.05, 4.69) is 40.2 Å². The summed E-state index contributed by atoms with van der Waals surface area (Å²) in [6.45, 7) is 0.892. The number of hydrogen-bond donors (Lipinski definition) is 0. The molecule has 4 rings (SSSR count). The summed E-state index contributed by atoms with van der Waals surface area (Å²) < 4.78 is 5.83. The number of halogens is 1. The molecule has 0 spiro atoms. The largest absolute Gasteiger partial charge is 0.493 e. The van der Waals surface area contributed by atoms with E-state index in [4.69, 9.17) is 4.74 Å². The van der Waals surface area contributed by atoms with Crippen LogP contribution in [0.25, 0.3) is 0 Å². The molecule has 2 saturated carbocycles. The van der Waals surface area contributed by atoms with Crippen LogP contribution in [0.3, 0.4) is 0 Å². The van der Waals surface area contributed by atoms with Crippen molar-refractivity contribution in [2.45, 2.75) is 31.6 Å². The summed E-state index contributed by atoms with van der Waals surface area (Å²) in [5.74, 6) is 3.85. The molecule has 3 unspecified atom stereocenters. The molecule has 1 aromatic rings. The van der Waals surface area contributed by atoms with Crippen LogP contribution < -0.4 is 4.74 Å². The van der Waals surface area contributed by atoms with Crippen LogP contribution in [0.2, 0.25) is 0 Å². The summed E-state index contributed by atoms with van der Waals surface area (Å²) in [5.41, 5.74) is 2.00. The van der Waals surface area contributed by atoms with Crippen molar-refractivity contribution in [2.75, 3.05) is 11.9 Å². The number of alkyl halides is 1. The number of rotatable bonds is 3. The molecular weight excluding hydrogens is 288 g/mol. The van der Waals surface area contributed by atoms with E-state index in [9.17, 15) is 0 Å². The highest BCUT2D eigenvalue weighted by Gasteiger charge is 2.53. The Hall–Kier alpha value is -0.500. The van der Waals surface area contributed by atoms with Gasteiger partial charge >= 0.3 is 0 Å². The van der Waals surface area contributed by atoms with Gasteiger partial charge in [-0.1, -0.05) is 34.1 Å². The first-order chi connectivity index (χ1) is 8.80. The Morgan fingerprint density at radius 2 is 2.00 bits per heavy atom. The van der Waals surface area contributed by atoms with E-state index in [1.807, 2.05) is 0 Å². The van der Waals surface area contributed by atoms with Crippen molar-refractivity contribution < 1.29 is 4.74 Å². The van der Waals surface area contributed by atoms with E-state index in [0.717, 1.165) is 24.2 Å². The third kappa shape index (κ3) is 1.72. The van der Waals surface area contributed by atoms with Crippen LogP contribution in [0.4, 0.5) is 0 Å². The Balaban J connectivity index is 1.55. The van der Waals surface area contributed by atoms with Gasteiger partial charge in [0.15, 0.2) is 0 Å². The number of fused-ring (bicyclic) bond motifs is 2. The van der Waals surface area contributed by atoms with E-state index in [1.54, 1.807) is 0 Å². The molecule has 2 aliphatic carbocycles. The number of hydrogen-bond acceptors (Lipinski definition) is 1. The highest BCUT2D eigenvalue weighted by atomic mass is 79.9. The maximum Gasteiger partial charge on any atom is 0.122 e. The highest BCUT2D eigenvalue weighted by Crippen LogP contribution is 2.63. The predicted octanol–water partition coefficient (Wildman–Crippen LogP) is 4.36. The lowest BCUT2D eigenvalue weighted by atomic mass is 9.76. The molecule has 0 saturated heterocycles. The lowest BCUT2D eigenvalue weighted by molar-refractivity contribution is 0.233. The average molecular weight is 307 g/mol. The molecule has 0 N–H and O–H groups in total. The van der Waals surface area contributed by atoms with Gasteiger partial charge in [0.2, 0.25) is 0 Å². The molecular formula is C16H19BrO. The average Bonchev–Trinajstić information content (AvgIpc) is 2.86. The first-order valence-corrected chi connectivity index (χ1v) is 8.19. The molecule has 3 aliphatic rings. The maximum atomic E-state index is 5.83. The normalized spacial score (nSPS) is 40.2. The van der Waals surface area contributed by atoms with Crippen molar-refractivity contribution in [1.29, 1.82) is 0 Å². The molecule has 3 atom stereocenters. The Bertz CT molecular complexity index is 460. The summed E-state index contributed by atoms with van der Waals surface area (Å²) in [5, 5.41) is 1.17. The molecule has 0 radical (unpaired) electrons. The lowest BCUT2D eigenvalue weighted by Crippen LogP contribution is -2.24. The molecule has 1 nitrogen and oxygen atoms in total. The molecule has 1 aliphatic heterocycles. The van der Waals surface area contributed by atoms with Gasteiger partial charge < -0.3 is 4.74 Å². The van der Waals surface area contributed by atoms with Crippen molar-refractivity contribution in [2.24, 2.45) is 17.3 Å². The van der Waals surface area contributed by atoms with Gasteiger partial charge in [-0.25, -0.2) is 0 Å². The van der Waals surface area contributed by atoms with Crippen LogP contribution in [0.15, 0.2) is 24.3 Å². The summed E-state index contributed by atoms with van der Waals surface area (Å²) in [6, 6.07) is 8.59. The summed E-state index contributed by atoms with van der Waals surface area (Å²) in [7, 11) is 0. The van der Waals surface area contributed by atoms with E-state index in [0.29, 0.717) is 11.3 Å². The minimum atomic E-state index is 0.555. The first-order valence-electron chi connectivity index (χ1n) is 7.07. The highest BCUT2D eigenvalue weighted by molar-refractivity contribution is 9.09. The SMILES string of the molecule is BrCC1(CC2COc3ccccc32)CC2CC2C1. The number of ether oxygens (including phenoxy) is 1. The Morgan fingerprint density at radius 1 is 1.22 bits per heavy atom. The maximum absolute atomic E-state index is 5.83. The van der Waals surface area contributed by atoms with Crippen LogP contribution in [-0.2, 0) is 0 Å². The van der Waals surface area contributed by atoms with Gasteiger partial charge in [0.05, 0.1) is 6.61 Å². The van der Waals surface area contributed by atoms with E-state index in [1.165, 1.54) is 36.6 Å². The van der Waals surface area contributed by atoms with E-state index < -0.39 is 0 Å². The minimum absolute atomic E-state index is 0.555. The van der Waals surface area contributed by atoms with Crippen molar-refractivity contribution in [3.05, 3.63) is 29.8 Å². The van der Waals surface area contributed by atoms with Gasteiger partial charge in [0, 0.05) is 16.8 Å². The molecule has 1 heterocycles. The first kappa shape index (κ1) is 11.3. The second-order valence-electron chi connectivity index (χ2n) is 6.55. The van der Waals surface area contributed by atoms with Crippen molar-refractivity contribution in [3.63, 3.8) is 0 Å². The Morgan fingerprint density at radius 3 is 2.78 bits per heavy atom. The lowest BCUT2D eigenvalue weighted by Gasteiger charge is -2.31. The monoisotopic (exact) mass is 306 g/mol. The summed E-state index contributed by atoms with van der Waals surface area (Å²) in [6.07, 6.45) is 5.71. The van der Waals surface area contributed by atoms with Gasteiger partial charge in [-0.05, 0) is 49.0 Å². The van der Waals surface area contributed by atoms with Gasteiger partial charge in [0.1, 0.15) is 5.75 Å². The zero-order chi connectivity index (χ0) is 12.2. The van der Waals surface area contributed by atoms with Crippen LogP contribution in [0.1, 0.15) is 37.2 Å². The molecule has 18 heavy (non-hydrogen) atoms. The van der Waals surface area contributed by atoms with E-state index in [-0.39, 0.29) is 0 Å². The second-order valence-corrected chi connectivity index (χ2v) is 7.11. The number of para-hydroxylation sites is 1. The van der Waals surface area contributed by atoms with Crippen LogP contribution in [-0.4, -0.2) is 11.9 Å². The molecule has 0 amide bonds. The summed E-state index contributed by atoms with van der Waals surface area (Å²) >= 11 is 3.79. The van der Waals surface area contributed by atoms with Gasteiger partial charge in [0.25, 0.3) is 0 Å². The van der Waals surface area contributed by atoms with Crippen molar-refractivity contribution in [3.8, 4) is 5.75 Å². The molecule has 2 fully saturated rings. The fourth-order valence-electron chi connectivity index (χ4n) is 4.26. The zero-order valence-corrected chi connectivity index (χ0v) is 12.2. The van der Waals surface area contributed by atoms with Crippen LogP contribution in [0, 0.1) is 17.3 Å². The zero-order valence-electron chi connectivity index (χ0n) is 10.6. The summed E-state index contributed by atoms with van der Waals surface area (Å²) in [4.78, 5) is 0. The fourth-order valence-corrected chi connectivity index (χ4v) is 4.94. The van der Waals surface area contributed by atoms with Gasteiger partial charge in [-0.15, -0.1) is 0 Å². The Labute approximate surface area is 117 Å². The Kier molecular flexibility index (Phi) is 2.52. The number of benzene rings is 1. The minimum Gasteiger partial charge on any atom is -0.493 e. The van der Waals surface area contributed by atoms with Crippen LogP contribution in [0.5, 0.6) is 5.75 Å². The standard InChI is InChI=1S/C16H19BrO/c17-10-16(6-11-5-12(11)7-16)8-13-9-18-15-4-2-1-3-14(13)15/h1-4,11-13H,5-10H2. The van der Waals surface area contributed by atoms with Crippen molar-refractivity contribution >= 4 is 15.9 Å². The van der Waals surface area contributed by atoms with E-state index >= 15 is 0 Å². The quantitative estimate of drug-likeness (QED) is 0.754. The fraction of sp³-hybridized carbons (Fsp3) is 0.625. The van der Waals surface area contributed by atoms with Gasteiger partial charge in [-0.2, -0.15) is 0 Å². The molecule has 2 heteroatoms. The molecule has 96 valence electrons. The molecule has 0 bridgehead atoms. The smallest absolute Gasteiger partial charge is 0.122 e. The predicted molar refractivity (Wildman–Crippen MR) is 76.4 cm³/mol.